The molecule has 0 radical (unpaired) electrons. The van der Waals surface area contributed by atoms with Gasteiger partial charge in [0.15, 0.2) is 0 Å². The maximum atomic E-state index is 5.73. The molecule has 0 aromatic carbocycles. The lowest BCUT2D eigenvalue weighted by Gasteiger charge is -2.36. The van der Waals surface area contributed by atoms with Crippen molar-refractivity contribution in [1.29, 1.82) is 0 Å². The van der Waals surface area contributed by atoms with E-state index in [9.17, 15) is 0 Å². The molecule has 4 N–H and O–H groups in total. The first-order valence-corrected chi connectivity index (χ1v) is 3.86. The number of hydrogen-bond acceptors (Lipinski definition) is 4. The zero-order chi connectivity index (χ0) is 8.27. The van der Waals surface area contributed by atoms with Gasteiger partial charge in [-0.1, -0.05) is 6.08 Å². The summed E-state index contributed by atoms with van der Waals surface area (Å²) in [5, 5.41) is 3.64. The molecule has 1 fully saturated rings. The minimum Gasteiger partial charge on any atom is -0.269 e. The fraction of sp³-hybridized carbons (Fsp3) is 0.714. The highest BCUT2D eigenvalue weighted by Crippen LogP contribution is 2.06. The lowest BCUT2D eigenvalue weighted by atomic mass is 10.1. The van der Waals surface area contributed by atoms with E-state index in [2.05, 4.69) is 6.58 Å². The molecule has 4 nitrogen and oxygen atoms in total. The quantitative estimate of drug-likeness (QED) is 0.410. The van der Waals surface area contributed by atoms with Gasteiger partial charge in [0, 0.05) is 25.7 Å². The normalized spacial score (nSPS) is 28.7. The van der Waals surface area contributed by atoms with Crippen molar-refractivity contribution in [3.05, 3.63) is 12.7 Å². The van der Waals surface area contributed by atoms with Crippen LogP contribution in [-0.4, -0.2) is 35.7 Å². The van der Waals surface area contributed by atoms with Gasteiger partial charge in [0.25, 0.3) is 0 Å². The van der Waals surface area contributed by atoms with Crippen molar-refractivity contribution in [3.63, 3.8) is 0 Å². The molecule has 64 valence electrons. The second-order valence-electron chi connectivity index (χ2n) is 2.91. The molecular formula is C7H16N4. The predicted molar refractivity (Wildman–Crippen MR) is 45.3 cm³/mol. The van der Waals surface area contributed by atoms with E-state index in [1.165, 1.54) is 0 Å². The molecule has 1 saturated heterocycles. The zero-order valence-corrected chi connectivity index (χ0v) is 6.74. The van der Waals surface area contributed by atoms with Crippen LogP contribution in [-0.2, 0) is 0 Å². The van der Waals surface area contributed by atoms with E-state index in [4.69, 9.17) is 11.7 Å². The summed E-state index contributed by atoms with van der Waals surface area (Å²) in [5.74, 6) is 11.4. The molecule has 1 aliphatic heterocycles. The van der Waals surface area contributed by atoms with Crippen LogP contribution < -0.4 is 11.7 Å². The Labute approximate surface area is 67.4 Å². The van der Waals surface area contributed by atoms with E-state index >= 15 is 0 Å². The van der Waals surface area contributed by atoms with Crippen molar-refractivity contribution in [1.82, 2.24) is 10.0 Å². The Morgan fingerprint density at radius 2 is 2.18 bits per heavy atom. The van der Waals surface area contributed by atoms with E-state index in [0.717, 1.165) is 26.1 Å². The molecule has 0 aromatic heterocycles. The summed E-state index contributed by atoms with van der Waals surface area (Å²) in [6, 6.07) is 0.339. The third-order valence-electron chi connectivity index (χ3n) is 2.00. The summed E-state index contributed by atoms with van der Waals surface area (Å²) in [6.45, 7) is 6.20. The third-order valence-corrected chi connectivity index (χ3v) is 2.00. The molecular weight excluding hydrogens is 140 g/mol. The Balaban J connectivity index is 2.40. The number of piperazine rings is 1. The van der Waals surface area contributed by atoms with Crippen molar-refractivity contribution in [2.24, 2.45) is 11.7 Å². The Bertz CT molecular complexity index is 136. The minimum absolute atomic E-state index is 0.339. The lowest BCUT2D eigenvalue weighted by molar-refractivity contribution is 0.0762. The van der Waals surface area contributed by atoms with E-state index in [1.807, 2.05) is 11.1 Å². The number of hydrazine groups is 2. The predicted octanol–water partition coefficient (Wildman–Crippen LogP) is -0.704. The smallest absolute Gasteiger partial charge is 0.0417 e. The molecule has 1 atom stereocenters. The number of nitrogens with two attached hydrogens (primary N) is 2. The molecule has 1 heterocycles. The van der Waals surface area contributed by atoms with Crippen LogP contribution in [0.2, 0.25) is 0 Å². The largest absolute Gasteiger partial charge is 0.269 e. The van der Waals surface area contributed by atoms with E-state index in [-0.39, 0.29) is 0 Å². The molecule has 1 unspecified atom stereocenters. The maximum Gasteiger partial charge on any atom is 0.0417 e. The highest BCUT2D eigenvalue weighted by molar-refractivity contribution is 4.83. The molecule has 1 aliphatic rings. The van der Waals surface area contributed by atoms with Crippen molar-refractivity contribution >= 4 is 0 Å². The monoisotopic (exact) mass is 156 g/mol. The number of rotatable bonds is 2. The van der Waals surface area contributed by atoms with Gasteiger partial charge in [0.1, 0.15) is 0 Å². The summed E-state index contributed by atoms with van der Waals surface area (Å²) < 4.78 is 0. The Morgan fingerprint density at radius 1 is 1.45 bits per heavy atom. The van der Waals surface area contributed by atoms with Crippen molar-refractivity contribution < 1.29 is 0 Å². The Hall–Kier alpha value is -0.420. The van der Waals surface area contributed by atoms with Gasteiger partial charge in [-0.2, -0.15) is 0 Å². The van der Waals surface area contributed by atoms with Gasteiger partial charge >= 0.3 is 0 Å². The standard InChI is InChI=1S/C7H16N4/c1-2-3-7-6-10(8)4-5-11(7)9/h2,7H,1,3-6,8-9H2. The van der Waals surface area contributed by atoms with Gasteiger partial charge < -0.3 is 0 Å². The molecule has 0 saturated carbocycles. The van der Waals surface area contributed by atoms with Gasteiger partial charge in [-0.25, -0.2) is 10.0 Å². The highest BCUT2D eigenvalue weighted by Gasteiger charge is 2.21. The fourth-order valence-corrected chi connectivity index (χ4v) is 1.30. The molecule has 1 rings (SSSR count). The molecule has 11 heavy (non-hydrogen) atoms. The van der Waals surface area contributed by atoms with Crippen molar-refractivity contribution in [2.45, 2.75) is 12.5 Å². The van der Waals surface area contributed by atoms with Crippen LogP contribution in [0.25, 0.3) is 0 Å². The molecule has 0 aliphatic carbocycles. The molecule has 0 bridgehead atoms. The van der Waals surface area contributed by atoms with Crippen LogP contribution in [0.3, 0.4) is 0 Å². The second-order valence-corrected chi connectivity index (χ2v) is 2.91. The molecule has 0 spiro atoms. The average Bonchev–Trinajstić information content (AvgIpc) is 1.98. The second kappa shape index (κ2) is 3.82. The van der Waals surface area contributed by atoms with Crippen molar-refractivity contribution in [3.8, 4) is 0 Å². The molecule has 0 amide bonds. The van der Waals surface area contributed by atoms with Crippen molar-refractivity contribution in [2.75, 3.05) is 19.6 Å². The Kier molecular flexibility index (Phi) is 3.02. The fourth-order valence-electron chi connectivity index (χ4n) is 1.30. The molecule has 4 heteroatoms. The van der Waals surface area contributed by atoms with Crippen LogP contribution >= 0.6 is 0 Å². The summed E-state index contributed by atoms with van der Waals surface area (Å²) in [5.41, 5.74) is 0. The van der Waals surface area contributed by atoms with E-state index < -0.39 is 0 Å². The minimum atomic E-state index is 0.339. The van der Waals surface area contributed by atoms with Gasteiger partial charge in [-0.05, 0) is 6.42 Å². The van der Waals surface area contributed by atoms with Gasteiger partial charge in [0.2, 0.25) is 0 Å². The van der Waals surface area contributed by atoms with Crippen LogP contribution in [0.1, 0.15) is 6.42 Å². The zero-order valence-electron chi connectivity index (χ0n) is 6.74. The van der Waals surface area contributed by atoms with E-state index in [1.54, 1.807) is 5.01 Å². The van der Waals surface area contributed by atoms with Gasteiger partial charge in [-0.3, -0.25) is 11.7 Å². The van der Waals surface area contributed by atoms with E-state index in [0.29, 0.717) is 6.04 Å². The van der Waals surface area contributed by atoms with Gasteiger partial charge in [0.05, 0.1) is 0 Å². The van der Waals surface area contributed by atoms with Crippen LogP contribution in [0.5, 0.6) is 0 Å². The third kappa shape index (κ3) is 2.27. The first-order valence-electron chi connectivity index (χ1n) is 3.86. The highest BCUT2D eigenvalue weighted by atomic mass is 15.5. The summed E-state index contributed by atoms with van der Waals surface area (Å²) in [6.07, 6.45) is 2.79. The average molecular weight is 156 g/mol. The summed E-state index contributed by atoms with van der Waals surface area (Å²) in [4.78, 5) is 0. The first kappa shape index (κ1) is 8.67. The summed E-state index contributed by atoms with van der Waals surface area (Å²) >= 11 is 0. The molecule has 0 aromatic rings. The van der Waals surface area contributed by atoms with Crippen LogP contribution in [0, 0.1) is 0 Å². The SMILES string of the molecule is C=CCC1CN(N)CCN1N. The summed E-state index contributed by atoms with van der Waals surface area (Å²) in [7, 11) is 0. The first-order chi connectivity index (χ1) is 5.24. The topological polar surface area (TPSA) is 58.5 Å². The lowest BCUT2D eigenvalue weighted by Crippen LogP contribution is -2.57. The maximum absolute atomic E-state index is 5.73. The Morgan fingerprint density at radius 3 is 2.82 bits per heavy atom. The number of hydrogen-bond donors (Lipinski definition) is 2. The number of nitrogens with zero attached hydrogens (tertiary/aromatic N) is 2. The van der Waals surface area contributed by atoms with Gasteiger partial charge in [-0.15, -0.1) is 6.58 Å². The van der Waals surface area contributed by atoms with Crippen LogP contribution in [0.4, 0.5) is 0 Å². The van der Waals surface area contributed by atoms with Crippen LogP contribution in [0.15, 0.2) is 12.7 Å².